The molecule has 2 heterocycles. The summed E-state index contributed by atoms with van der Waals surface area (Å²) in [4.78, 5) is 23.7. The minimum absolute atomic E-state index is 0.0787. The number of hydrogen-bond acceptors (Lipinski definition) is 4. The average molecular weight is 269 g/mol. The van der Waals surface area contributed by atoms with Gasteiger partial charge in [0.05, 0.1) is 6.04 Å². The molecule has 18 heavy (non-hydrogen) atoms. The summed E-state index contributed by atoms with van der Waals surface area (Å²) in [6.45, 7) is 1.90. The highest BCUT2D eigenvalue weighted by atomic mass is 32.1. The first-order chi connectivity index (χ1) is 8.58. The third-order valence-electron chi connectivity index (χ3n) is 2.92. The number of carboxylic acid groups (broad SMARTS) is 1. The first-order valence-corrected chi connectivity index (χ1v) is 6.68. The van der Waals surface area contributed by atoms with Crippen LogP contribution in [0.15, 0.2) is 17.5 Å². The van der Waals surface area contributed by atoms with E-state index in [1.807, 2.05) is 24.4 Å². The molecule has 0 saturated carbocycles. The zero-order chi connectivity index (χ0) is 13.1. The molecule has 0 radical (unpaired) electrons. The summed E-state index contributed by atoms with van der Waals surface area (Å²) in [5.41, 5.74) is 0. The monoisotopic (exact) mass is 269 g/mol. The normalized spacial score (nSPS) is 24.7. The molecule has 5 nitrogen and oxygen atoms in total. The van der Waals surface area contributed by atoms with E-state index in [4.69, 9.17) is 9.84 Å². The second-order valence-corrected chi connectivity index (χ2v) is 5.25. The fraction of sp³-hybridized carbons (Fsp3) is 0.500. The van der Waals surface area contributed by atoms with Gasteiger partial charge in [-0.2, -0.15) is 0 Å². The number of hydrogen-bond donors (Lipinski definition) is 2. The molecule has 1 aliphatic heterocycles. The van der Waals surface area contributed by atoms with E-state index in [0.717, 1.165) is 4.88 Å². The van der Waals surface area contributed by atoms with Crippen molar-refractivity contribution < 1.29 is 19.4 Å². The molecule has 3 atom stereocenters. The molecule has 1 fully saturated rings. The predicted molar refractivity (Wildman–Crippen MR) is 66.4 cm³/mol. The Morgan fingerprint density at radius 3 is 2.78 bits per heavy atom. The molecule has 1 saturated heterocycles. The molecule has 1 amide bonds. The van der Waals surface area contributed by atoms with Gasteiger partial charge in [-0.05, 0) is 31.2 Å². The van der Waals surface area contributed by atoms with Crippen LogP contribution < -0.4 is 5.32 Å². The first-order valence-electron chi connectivity index (χ1n) is 5.80. The molecule has 2 rings (SSSR count). The number of nitrogens with one attached hydrogen (secondary N) is 1. The summed E-state index contributed by atoms with van der Waals surface area (Å²) in [6.07, 6.45) is -0.646. The van der Waals surface area contributed by atoms with Gasteiger partial charge in [0.2, 0.25) is 5.91 Å². The number of amides is 1. The average Bonchev–Trinajstić information content (AvgIpc) is 3.00. The van der Waals surface area contributed by atoms with Gasteiger partial charge in [-0.1, -0.05) is 6.07 Å². The van der Waals surface area contributed by atoms with Crippen LogP contribution in [-0.4, -0.2) is 29.2 Å². The Morgan fingerprint density at radius 2 is 2.22 bits per heavy atom. The Bertz CT molecular complexity index is 431. The van der Waals surface area contributed by atoms with Crippen molar-refractivity contribution in [3.8, 4) is 0 Å². The minimum atomic E-state index is -1.00. The zero-order valence-corrected chi connectivity index (χ0v) is 10.8. The Labute approximate surface area is 109 Å². The molecule has 0 spiro atoms. The summed E-state index contributed by atoms with van der Waals surface area (Å²) in [5.74, 6) is -1.24. The van der Waals surface area contributed by atoms with Crippen molar-refractivity contribution in [2.45, 2.75) is 38.0 Å². The maximum Gasteiger partial charge on any atom is 0.332 e. The summed E-state index contributed by atoms with van der Waals surface area (Å²) in [6, 6.07) is 3.80. The van der Waals surface area contributed by atoms with E-state index in [1.165, 1.54) is 0 Å². The van der Waals surface area contributed by atoms with E-state index in [1.54, 1.807) is 11.3 Å². The highest BCUT2D eigenvalue weighted by Gasteiger charge is 2.35. The van der Waals surface area contributed by atoms with Crippen LogP contribution in [0.4, 0.5) is 0 Å². The number of aliphatic carboxylic acids is 1. The van der Waals surface area contributed by atoms with Crippen molar-refractivity contribution in [3.63, 3.8) is 0 Å². The van der Waals surface area contributed by atoms with E-state index in [9.17, 15) is 9.59 Å². The van der Waals surface area contributed by atoms with Crippen LogP contribution in [0.1, 0.15) is 30.7 Å². The summed E-state index contributed by atoms with van der Waals surface area (Å²) in [7, 11) is 0. The van der Waals surface area contributed by atoms with Crippen LogP contribution in [0, 0.1) is 0 Å². The summed E-state index contributed by atoms with van der Waals surface area (Å²) >= 11 is 1.57. The van der Waals surface area contributed by atoms with Gasteiger partial charge < -0.3 is 15.2 Å². The van der Waals surface area contributed by atoms with Gasteiger partial charge in [0.1, 0.15) is 6.10 Å². The van der Waals surface area contributed by atoms with Crippen LogP contribution in [0.3, 0.4) is 0 Å². The van der Waals surface area contributed by atoms with Crippen LogP contribution >= 0.6 is 11.3 Å². The zero-order valence-electron chi connectivity index (χ0n) is 9.96. The Hall–Kier alpha value is -1.40. The van der Waals surface area contributed by atoms with Gasteiger partial charge >= 0.3 is 5.97 Å². The van der Waals surface area contributed by atoms with Gasteiger partial charge in [0.15, 0.2) is 6.10 Å². The number of ether oxygens (including phenoxy) is 1. The van der Waals surface area contributed by atoms with Crippen LogP contribution in [-0.2, 0) is 14.3 Å². The van der Waals surface area contributed by atoms with E-state index in [0.29, 0.717) is 12.8 Å². The second kappa shape index (κ2) is 5.49. The van der Waals surface area contributed by atoms with Crippen molar-refractivity contribution in [2.24, 2.45) is 0 Å². The standard InChI is InChI=1S/C12H15NO4S/c1-7(10-3-2-6-18-10)13-11(14)8-4-5-9(17-8)12(15)16/h2-3,6-9H,4-5H2,1H3,(H,13,14)(H,15,16)/t7-,8+,9-/m1/s1. The number of rotatable bonds is 4. The van der Waals surface area contributed by atoms with Gasteiger partial charge in [-0.25, -0.2) is 4.79 Å². The van der Waals surface area contributed by atoms with Crippen molar-refractivity contribution in [1.29, 1.82) is 0 Å². The van der Waals surface area contributed by atoms with E-state index in [-0.39, 0.29) is 11.9 Å². The third-order valence-corrected chi connectivity index (χ3v) is 3.97. The van der Waals surface area contributed by atoms with Gasteiger partial charge in [0, 0.05) is 4.88 Å². The molecular formula is C12H15NO4S. The number of carbonyl (C=O) groups is 2. The third kappa shape index (κ3) is 2.88. The molecule has 0 unspecified atom stereocenters. The highest BCUT2D eigenvalue weighted by Crippen LogP contribution is 2.22. The lowest BCUT2D eigenvalue weighted by Crippen LogP contribution is -2.36. The molecular weight excluding hydrogens is 254 g/mol. The van der Waals surface area contributed by atoms with E-state index in [2.05, 4.69) is 5.32 Å². The molecule has 0 aromatic carbocycles. The Balaban J connectivity index is 1.87. The lowest BCUT2D eigenvalue weighted by Gasteiger charge is -2.16. The molecule has 1 aromatic heterocycles. The second-order valence-electron chi connectivity index (χ2n) is 4.27. The van der Waals surface area contributed by atoms with E-state index >= 15 is 0 Å². The Kier molecular flexibility index (Phi) is 3.98. The molecule has 0 bridgehead atoms. The quantitative estimate of drug-likeness (QED) is 0.869. The first kappa shape index (κ1) is 13.0. The fourth-order valence-electron chi connectivity index (χ4n) is 1.93. The number of carbonyl (C=O) groups excluding carboxylic acids is 1. The topological polar surface area (TPSA) is 75.6 Å². The maximum absolute atomic E-state index is 11.9. The van der Waals surface area contributed by atoms with Gasteiger partial charge in [0.25, 0.3) is 0 Å². The molecule has 1 aliphatic rings. The number of carboxylic acids is 1. The van der Waals surface area contributed by atoms with Crippen molar-refractivity contribution >= 4 is 23.2 Å². The molecule has 0 aliphatic carbocycles. The van der Waals surface area contributed by atoms with Crippen molar-refractivity contribution in [2.75, 3.05) is 0 Å². The Morgan fingerprint density at radius 1 is 1.50 bits per heavy atom. The van der Waals surface area contributed by atoms with Crippen molar-refractivity contribution in [3.05, 3.63) is 22.4 Å². The largest absolute Gasteiger partial charge is 0.479 e. The summed E-state index contributed by atoms with van der Waals surface area (Å²) < 4.78 is 5.19. The summed E-state index contributed by atoms with van der Waals surface area (Å²) in [5, 5.41) is 13.6. The van der Waals surface area contributed by atoms with Gasteiger partial charge in [-0.15, -0.1) is 11.3 Å². The van der Waals surface area contributed by atoms with E-state index < -0.39 is 18.2 Å². The number of thiophene rings is 1. The molecule has 98 valence electrons. The predicted octanol–water partition coefficient (Wildman–Crippen LogP) is 1.56. The van der Waals surface area contributed by atoms with Crippen LogP contribution in [0.2, 0.25) is 0 Å². The minimum Gasteiger partial charge on any atom is -0.479 e. The molecule has 2 N–H and O–H groups in total. The maximum atomic E-state index is 11.9. The van der Waals surface area contributed by atoms with Crippen LogP contribution in [0.5, 0.6) is 0 Å². The lowest BCUT2D eigenvalue weighted by molar-refractivity contribution is -0.151. The smallest absolute Gasteiger partial charge is 0.332 e. The van der Waals surface area contributed by atoms with Crippen LogP contribution in [0.25, 0.3) is 0 Å². The van der Waals surface area contributed by atoms with Crippen molar-refractivity contribution in [1.82, 2.24) is 5.32 Å². The molecule has 1 aromatic rings. The fourth-order valence-corrected chi connectivity index (χ4v) is 2.66. The molecule has 6 heteroatoms. The lowest BCUT2D eigenvalue weighted by atomic mass is 10.2. The van der Waals surface area contributed by atoms with Gasteiger partial charge in [-0.3, -0.25) is 4.79 Å². The highest BCUT2D eigenvalue weighted by molar-refractivity contribution is 7.10. The SMILES string of the molecule is C[C@@H](NC(=O)[C@@H]1CC[C@H](C(=O)O)O1)c1cccs1.